The molecule has 0 fully saturated rings. The quantitative estimate of drug-likeness (QED) is 0.720. The molecule has 1 aliphatic heterocycles. The third-order valence-corrected chi connectivity index (χ3v) is 3.27. The van der Waals surface area contributed by atoms with Crippen LogP contribution in [0.25, 0.3) is 5.76 Å². The first-order chi connectivity index (χ1) is 8.77. The van der Waals surface area contributed by atoms with Crippen molar-refractivity contribution in [1.29, 1.82) is 0 Å². The Morgan fingerprint density at radius 3 is 2.89 bits per heavy atom. The Kier molecular flexibility index (Phi) is 4.08. The number of fused-ring (bicyclic) bond motifs is 1. The summed E-state index contributed by atoms with van der Waals surface area (Å²) in [4.78, 5) is 0. The maximum absolute atomic E-state index is 5.84. The maximum Gasteiger partial charge on any atom is 0.134 e. The summed E-state index contributed by atoms with van der Waals surface area (Å²) < 4.78 is 11.1. The van der Waals surface area contributed by atoms with E-state index in [-0.39, 0.29) is 0 Å². The standard InChI is InChI=1S/C16H20O2/c1-4-5-9-14(12(2)17-3)16-15-10-7-6-8-13(15)11-18-16/h6-8,10H,2,4-5,9,11H2,1,3H3/b16-14-. The number of ether oxygens (including phenoxy) is 2. The van der Waals surface area contributed by atoms with Gasteiger partial charge in [-0.1, -0.05) is 44.2 Å². The minimum atomic E-state index is 0.651. The summed E-state index contributed by atoms with van der Waals surface area (Å²) in [5.41, 5.74) is 3.52. The zero-order valence-corrected chi connectivity index (χ0v) is 11.2. The van der Waals surface area contributed by atoms with Crippen LogP contribution in [0.15, 0.2) is 42.2 Å². The van der Waals surface area contributed by atoms with Gasteiger partial charge in [0.05, 0.1) is 7.11 Å². The molecule has 0 unspecified atom stereocenters. The lowest BCUT2D eigenvalue weighted by molar-refractivity contribution is 0.270. The van der Waals surface area contributed by atoms with Gasteiger partial charge in [-0.05, 0) is 12.8 Å². The van der Waals surface area contributed by atoms with Crippen molar-refractivity contribution in [2.24, 2.45) is 0 Å². The first-order valence-electron chi connectivity index (χ1n) is 6.45. The molecule has 1 aromatic rings. The van der Waals surface area contributed by atoms with Gasteiger partial charge in [-0.25, -0.2) is 0 Å². The summed E-state index contributed by atoms with van der Waals surface area (Å²) in [5, 5.41) is 0. The van der Waals surface area contributed by atoms with Crippen molar-refractivity contribution < 1.29 is 9.47 Å². The van der Waals surface area contributed by atoms with E-state index in [0.717, 1.165) is 36.4 Å². The van der Waals surface area contributed by atoms with Crippen molar-refractivity contribution in [3.63, 3.8) is 0 Å². The molecule has 1 aliphatic rings. The van der Waals surface area contributed by atoms with Gasteiger partial charge in [-0.2, -0.15) is 0 Å². The molecule has 0 spiro atoms. The number of methoxy groups -OCH3 is 1. The fourth-order valence-corrected chi connectivity index (χ4v) is 2.20. The topological polar surface area (TPSA) is 18.5 Å². The van der Waals surface area contributed by atoms with Crippen molar-refractivity contribution in [1.82, 2.24) is 0 Å². The van der Waals surface area contributed by atoms with Crippen LogP contribution in [0.1, 0.15) is 37.3 Å². The molecule has 1 aromatic carbocycles. The minimum Gasteiger partial charge on any atom is -0.497 e. The zero-order chi connectivity index (χ0) is 13.0. The third kappa shape index (κ3) is 2.42. The maximum atomic E-state index is 5.84. The first kappa shape index (κ1) is 12.7. The molecule has 0 amide bonds. The highest BCUT2D eigenvalue weighted by molar-refractivity contribution is 5.71. The zero-order valence-electron chi connectivity index (χ0n) is 11.2. The van der Waals surface area contributed by atoms with Crippen LogP contribution in [0.4, 0.5) is 0 Å². The minimum absolute atomic E-state index is 0.651. The van der Waals surface area contributed by atoms with Crippen molar-refractivity contribution in [2.75, 3.05) is 7.11 Å². The molecule has 2 nitrogen and oxygen atoms in total. The van der Waals surface area contributed by atoms with E-state index in [1.807, 2.05) is 12.1 Å². The largest absolute Gasteiger partial charge is 0.497 e. The molecule has 0 radical (unpaired) electrons. The van der Waals surface area contributed by atoms with Gasteiger partial charge in [-0.3, -0.25) is 0 Å². The average Bonchev–Trinajstić information content (AvgIpc) is 2.83. The first-order valence-corrected chi connectivity index (χ1v) is 6.45. The molecule has 0 aromatic heterocycles. The van der Waals surface area contributed by atoms with Crippen LogP contribution in [-0.4, -0.2) is 7.11 Å². The Labute approximate surface area is 109 Å². The third-order valence-electron chi connectivity index (χ3n) is 3.27. The van der Waals surface area contributed by atoms with Crippen LogP contribution in [-0.2, 0) is 16.1 Å². The summed E-state index contributed by atoms with van der Waals surface area (Å²) in [7, 11) is 1.66. The monoisotopic (exact) mass is 244 g/mol. The van der Waals surface area contributed by atoms with Crippen LogP contribution < -0.4 is 0 Å². The molecule has 0 N–H and O–H groups in total. The van der Waals surface area contributed by atoms with E-state index in [0.29, 0.717) is 6.61 Å². The molecule has 0 bridgehead atoms. The van der Waals surface area contributed by atoms with Gasteiger partial charge in [-0.15, -0.1) is 0 Å². The van der Waals surface area contributed by atoms with Crippen LogP contribution in [0.2, 0.25) is 0 Å². The number of hydrogen-bond donors (Lipinski definition) is 0. The summed E-state index contributed by atoms with van der Waals surface area (Å²) in [6, 6.07) is 8.30. The molecule has 0 atom stereocenters. The molecular formula is C16H20O2. The van der Waals surface area contributed by atoms with Crippen LogP contribution in [0.5, 0.6) is 0 Å². The highest BCUT2D eigenvalue weighted by Crippen LogP contribution is 2.35. The van der Waals surface area contributed by atoms with Crippen molar-refractivity contribution in [3.05, 3.63) is 53.3 Å². The molecular weight excluding hydrogens is 224 g/mol. The van der Waals surface area contributed by atoms with Crippen molar-refractivity contribution in [3.8, 4) is 0 Å². The number of allylic oxidation sites excluding steroid dienone is 1. The second-order valence-corrected chi connectivity index (χ2v) is 4.48. The molecule has 0 saturated heterocycles. The molecule has 0 aliphatic carbocycles. The average molecular weight is 244 g/mol. The highest BCUT2D eigenvalue weighted by atomic mass is 16.5. The van der Waals surface area contributed by atoms with Crippen molar-refractivity contribution in [2.45, 2.75) is 32.8 Å². The fourth-order valence-electron chi connectivity index (χ4n) is 2.20. The second kappa shape index (κ2) is 5.76. The van der Waals surface area contributed by atoms with Crippen LogP contribution in [0.3, 0.4) is 0 Å². The van der Waals surface area contributed by atoms with E-state index < -0.39 is 0 Å². The molecule has 2 rings (SSSR count). The van der Waals surface area contributed by atoms with Gasteiger partial charge >= 0.3 is 0 Å². The Bertz CT molecular complexity index is 472. The van der Waals surface area contributed by atoms with Gasteiger partial charge in [0.25, 0.3) is 0 Å². The predicted octanol–water partition coefficient (Wildman–Crippen LogP) is 4.28. The Morgan fingerprint density at radius 1 is 1.39 bits per heavy atom. The molecule has 1 heterocycles. The molecule has 2 heteroatoms. The number of benzene rings is 1. The summed E-state index contributed by atoms with van der Waals surface area (Å²) in [6.45, 7) is 6.82. The fraction of sp³-hybridized carbons (Fsp3) is 0.375. The lowest BCUT2D eigenvalue weighted by Crippen LogP contribution is -1.97. The molecule has 96 valence electrons. The van der Waals surface area contributed by atoms with Crippen molar-refractivity contribution >= 4 is 5.76 Å². The number of rotatable bonds is 5. The van der Waals surface area contributed by atoms with Crippen LogP contribution >= 0.6 is 0 Å². The van der Waals surface area contributed by atoms with E-state index in [1.54, 1.807) is 7.11 Å². The Hall–Kier alpha value is -1.70. The van der Waals surface area contributed by atoms with Gasteiger partial charge in [0.2, 0.25) is 0 Å². The highest BCUT2D eigenvalue weighted by Gasteiger charge is 2.22. The smallest absolute Gasteiger partial charge is 0.134 e. The lowest BCUT2D eigenvalue weighted by atomic mass is 10.0. The number of hydrogen-bond acceptors (Lipinski definition) is 2. The number of unbranched alkanes of at least 4 members (excludes halogenated alkanes) is 1. The van der Waals surface area contributed by atoms with Gasteiger partial charge in [0.15, 0.2) is 0 Å². The summed E-state index contributed by atoms with van der Waals surface area (Å²) in [5.74, 6) is 1.67. The Morgan fingerprint density at radius 2 is 2.17 bits per heavy atom. The van der Waals surface area contributed by atoms with E-state index in [2.05, 4.69) is 25.6 Å². The van der Waals surface area contributed by atoms with Gasteiger partial charge < -0.3 is 9.47 Å². The Balaban J connectivity index is 2.39. The van der Waals surface area contributed by atoms with E-state index >= 15 is 0 Å². The SMILES string of the molecule is C=C(OC)/C(CCCC)=C1\OCc2ccccc21. The molecule has 0 saturated carbocycles. The van der Waals surface area contributed by atoms with Crippen LogP contribution in [0, 0.1) is 0 Å². The summed E-state index contributed by atoms with van der Waals surface area (Å²) in [6.07, 6.45) is 3.22. The normalized spacial score (nSPS) is 15.9. The van der Waals surface area contributed by atoms with E-state index in [9.17, 15) is 0 Å². The lowest BCUT2D eigenvalue weighted by Gasteiger charge is -2.13. The van der Waals surface area contributed by atoms with E-state index in [4.69, 9.17) is 9.47 Å². The predicted molar refractivity (Wildman–Crippen MR) is 73.8 cm³/mol. The van der Waals surface area contributed by atoms with Gasteiger partial charge in [0, 0.05) is 16.7 Å². The summed E-state index contributed by atoms with van der Waals surface area (Å²) >= 11 is 0. The molecule has 18 heavy (non-hydrogen) atoms. The van der Waals surface area contributed by atoms with E-state index in [1.165, 1.54) is 11.1 Å². The second-order valence-electron chi connectivity index (χ2n) is 4.48. The van der Waals surface area contributed by atoms with Gasteiger partial charge in [0.1, 0.15) is 18.1 Å².